The Bertz CT molecular complexity index is 601. The van der Waals surface area contributed by atoms with Crippen molar-refractivity contribution in [1.29, 1.82) is 0 Å². The summed E-state index contributed by atoms with van der Waals surface area (Å²) < 4.78 is 0. The minimum Gasteiger partial charge on any atom is -0.337 e. The molecule has 0 aliphatic heterocycles. The molecule has 5 nitrogen and oxygen atoms in total. The van der Waals surface area contributed by atoms with Gasteiger partial charge in [0.2, 0.25) is 0 Å². The number of carbonyl (C=O) groups is 2. The van der Waals surface area contributed by atoms with Gasteiger partial charge in [-0.25, -0.2) is 0 Å². The Labute approximate surface area is 158 Å². The number of hydrogen-bond acceptors (Lipinski definition) is 2. The van der Waals surface area contributed by atoms with Crippen LogP contribution in [-0.2, 0) is 9.59 Å². The largest absolute Gasteiger partial charge is 0.337 e. The van der Waals surface area contributed by atoms with Gasteiger partial charge in [-0.05, 0) is 42.9 Å². The second-order valence-corrected chi connectivity index (χ2v) is 8.19. The van der Waals surface area contributed by atoms with Crippen LogP contribution in [0.15, 0.2) is 18.2 Å². The number of likely N-dealkylation sites (N-methyl/N-ethyl adjacent to an activating group) is 1. The summed E-state index contributed by atoms with van der Waals surface area (Å²) in [5, 5.41) is 2.96. The number of benzene rings is 1. The summed E-state index contributed by atoms with van der Waals surface area (Å²) in [7, 11) is 1.89. The Morgan fingerprint density at radius 1 is 1.04 bits per heavy atom. The maximum atomic E-state index is 12.6. The van der Waals surface area contributed by atoms with Gasteiger partial charge < -0.3 is 15.1 Å². The van der Waals surface area contributed by atoms with Crippen LogP contribution in [0, 0.1) is 25.7 Å². The average Bonchev–Trinajstić information content (AvgIpc) is 2.50. The molecule has 0 aliphatic carbocycles. The van der Waals surface area contributed by atoms with Crippen molar-refractivity contribution in [2.75, 3.05) is 38.5 Å². The minimum atomic E-state index is -0.0664. The first-order chi connectivity index (χ1) is 12.1. The van der Waals surface area contributed by atoms with Crippen molar-refractivity contribution in [3.8, 4) is 0 Å². The van der Waals surface area contributed by atoms with E-state index in [2.05, 4.69) is 33.0 Å². The second kappa shape index (κ2) is 10.3. The van der Waals surface area contributed by atoms with Gasteiger partial charge in [-0.1, -0.05) is 39.8 Å². The van der Waals surface area contributed by atoms with Crippen LogP contribution >= 0.6 is 0 Å². The van der Waals surface area contributed by atoms with E-state index in [1.165, 1.54) is 0 Å². The molecule has 5 heteroatoms. The topological polar surface area (TPSA) is 53.9 Å². The fraction of sp³-hybridized carbons (Fsp3) is 0.619. The van der Waals surface area contributed by atoms with E-state index in [-0.39, 0.29) is 18.4 Å². The van der Waals surface area contributed by atoms with Gasteiger partial charge in [-0.15, -0.1) is 0 Å². The SMILES string of the molecule is Cc1cccc(NC(=O)C[NH+](C)CC(=O)N(CC(C)C)CC(C)C)c1C. The van der Waals surface area contributed by atoms with Gasteiger partial charge in [-0.2, -0.15) is 0 Å². The lowest BCUT2D eigenvalue weighted by molar-refractivity contribution is -0.862. The van der Waals surface area contributed by atoms with E-state index < -0.39 is 0 Å². The molecule has 0 saturated heterocycles. The van der Waals surface area contributed by atoms with Gasteiger partial charge >= 0.3 is 0 Å². The van der Waals surface area contributed by atoms with Crippen molar-refractivity contribution in [1.82, 2.24) is 4.90 Å². The van der Waals surface area contributed by atoms with Gasteiger partial charge in [-0.3, -0.25) is 9.59 Å². The molecule has 0 spiro atoms. The molecule has 0 radical (unpaired) electrons. The Morgan fingerprint density at radius 2 is 1.62 bits per heavy atom. The highest BCUT2D eigenvalue weighted by molar-refractivity contribution is 5.92. The first-order valence-electron chi connectivity index (χ1n) is 9.55. The number of aryl methyl sites for hydroxylation is 1. The van der Waals surface area contributed by atoms with E-state index in [9.17, 15) is 9.59 Å². The summed E-state index contributed by atoms with van der Waals surface area (Å²) in [6.45, 7) is 14.6. The van der Waals surface area contributed by atoms with E-state index in [0.717, 1.165) is 34.8 Å². The lowest BCUT2D eigenvalue weighted by atomic mass is 10.1. The molecule has 2 amide bonds. The van der Waals surface area contributed by atoms with Crippen molar-refractivity contribution in [2.24, 2.45) is 11.8 Å². The normalized spacial score (nSPS) is 12.3. The number of carbonyl (C=O) groups excluding carboxylic acids is 2. The lowest BCUT2D eigenvalue weighted by Crippen LogP contribution is -3.11. The van der Waals surface area contributed by atoms with Crippen LogP contribution in [0.5, 0.6) is 0 Å². The van der Waals surface area contributed by atoms with E-state index >= 15 is 0 Å². The maximum Gasteiger partial charge on any atom is 0.279 e. The number of nitrogens with one attached hydrogen (secondary N) is 2. The smallest absolute Gasteiger partial charge is 0.279 e. The molecule has 1 atom stereocenters. The number of amides is 2. The Balaban J connectivity index is 2.60. The highest BCUT2D eigenvalue weighted by Gasteiger charge is 2.21. The second-order valence-electron chi connectivity index (χ2n) is 8.19. The van der Waals surface area contributed by atoms with E-state index in [1.807, 2.05) is 44.0 Å². The zero-order valence-corrected chi connectivity index (χ0v) is 17.5. The fourth-order valence-corrected chi connectivity index (χ4v) is 2.95. The van der Waals surface area contributed by atoms with Crippen molar-refractivity contribution < 1.29 is 14.5 Å². The van der Waals surface area contributed by atoms with Crippen LogP contribution in [-0.4, -0.2) is 49.9 Å². The van der Waals surface area contributed by atoms with Gasteiger partial charge in [0.15, 0.2) is 13.1 Å². The number of anilines is 1. The van der Waals surface area contributed by atoms with Crippen LogP contribution in [0.3, 0.4) is 0 Å². The quantitative estimate of drug-likeness (QED) is 0.705. The summed E-state index contributed by atoms with van der Waals surface area (Å²) in [5.74, 6) is 0.920. The van der Waals surface area contributed by atoms with E-state index in [0.29, 0.717) is 18.4 Å². The average molecular weight is 363 g/mol. The predicted molar refractivity (Wildman–Crippen MR) is 107 cm³/mol. The standard InChI is InChI=1S/C21H35N3O2/c1-15(2)11-24(12-16(3)4)21(26)14-23(7)13-20(25)22-19-10-8-9-17(5)18(19)6/h8-10,15-16H,11-14H2,1-7H3,(H,22,25)/p+1. The van der Waals surface area contributed by atoms with Gasteiger partial charge in [0.25, 0.3) is 11.8 Å². The summed E-state index contributed by atoms with van der Waals surface area (Å²) in [6.07, 6.45) is 0. The zero-order valence-electron chi connectivity index (χ0n) is 17.5. The molecule has 26 heavy (non-hydrogen) atoms. The highest BCUT2D eigenvalue weighted by Crippen LogP contribution is 2.17. The predicted octanol–water partition coefficient (Wildman–Crippen LogP) is 1.90. The highest BCUT2D eigenvalue weighted by atomic mass is 16.2. The first kappa shape index (κ1) is 22.2. The lowest BCUT2D eigenvalue weighted by Gasteiger charge is -2.27. The number of hydrogen-bond donors (Lipinski definition) is 2. The van der Waals surface area contributed by atoms with Gasteiger partial charge in [0.1, 0.15) is 0 Å². The van der Waals surface area contributed by atoms with Gasteiger partial charge in [0.05, 0.1) is 7.05 Å². The third kappa shape index (κ3) is 7.56. The third-order valence-electron chi connectivity index (χ3n) is 4.32. The molecule has 0 heterocycles. The molecule has 146 valence electrons. The van der Waals surface area contributed by atoms with Gasteiger partial charge in [0, 0.05) is 18.8 Å². The monoisotopic (exact) mass is 362 g/mol. The molecule has 2 N–H and O–H groups in total. The Kier molecular flexibility index (Phi) is 8.79. The molecule has 1 rings (SSSR count). The Morgan fingerprint density at radius 3 is 2.15 bits per heavy atom. The van der Waals surface area contributed by atoms with Crippen molar-refractivity contribution in [2.45, 2.75) is 41.5 Å². The molecular weight excluding hydrogens is 326 g/mol. The third-order valence-corrected chi connectivity index (χ3v) is 4.32. The van der Waals surface area contributed by atoms with Crippen LogP contribution < -0.4 is 10.2 Å². The number of nitrogens with zero attached hydrogens (tertiary/aromatic N) is 1. The molecule has 0 aromatic heterocycles. The van der Waals surface area contributed by atoms with Crippen molar-refractivity contribution >= 4 is 17.5 Å². The maximum absolute atomic E-state index is 12.6. The summed E-state index contributed by atoms with van der Waals surface area (Å²) in [6, 6.07) is 5.88. The molecule has 1 aromatic rings. The summed E-state index contributed by atoms with van der Waals surface area (Å²) in [4.78, 5) is 27.8. The van der Waals surface area contributed by atoms with Crippen LogP contribution in [0.2, 0.25) is 0 Å². The number of quaternary nitrogens is 1. The first-order valence-corrected chi connectivity index (χ1v) is 9.55. The summed E-state index contributed by atoms with van der Waals surface area (Å²) in [5.41, 5.74) is 3.07. The van der Waals surface area contributed by atoms with Crippen LogP contribution in [0.1, 0.15) is 38.8 Å². The van der Waals surface area contributed by atoms with Crippen LogP contribution in [0.4, 0.5) is 5.69 Å². The molecule has 0 fully saturated rings. The minimum absolute atomic E-state index is 0.0664. The zero-order chi connectivity index (χ0) is 19.9. The van der Waals surface area contributed by atoms with E-state index in [4.69, 9.17) is 0 Å². The molecule has 1 unspecified atom stereocenters. The van der Waals surface area contributed by atoms with Crippen LogP contribution in [0.25, 0.3) is 0 Å². The molecular formula is C21H36N3O2+. The van der Waals surface area contributed by atoms with Crippen molar-refractivity contribution in [3.05, 3.63) is 29.3 Å². The molecule has 0 aliphatic rings. The number of rotatable bonds is 9. The molecule has 0 saturated carbocycles. The molecule has 1 aromatic carbocycles. The van der Waals surface area contributed by atoms with E-state index in [1.54, 1.807) is 0 Å². The van der Waals surface area contributed by atoms with Crippen molar-refractivity contribution in [3.63, 3.8) is 0 Å². The fourth-order valence-electron chi connectivity index (χ4n) is 2.95. The molecule has 0 bridgehead atoms. The summed E-state index contributed by atoms with van der Waals surface area (Å²) >= 11 is 0. The Hall–Kier alpha value is -1.88.